The molecule has 0 aromatic heterocycles. The lowest BCUT2D eigenvalue weighted by atomic mass is 9.89. The van der Waals surface area contributed by atoms with Crippen LogP contribution in [0.1, 0.15) is 45.4 Å². The molecule has 3 rings (SSSR count). The number of ether oxygens (including phenoxy) is 1. The fraction of sp³-hybridized carbons (Fsp3) is 0.889. The smallest absolute Gasteiger partial charge is 0.317 e. The average molecular weight is 337 g/mol. The molecule has 0 aromatic carbocycles. The van der Waals surface area contributed by atoms with Crippen molar-refractivity contribution in [2.24, 2.45) is 11.3 Å². The van der Waals surface area contributed by atoms with Gasteiger partial charge in [0, 0.05) is 38.6 Å². The maximum absolute atomic E-state index is 12.5. The van der Waals surface area contributed by atoms with Crippen molar-refractivity contribution in [3.63, 3.8) is 0 Å². The summed E-state index contributed by atoms with van der Waals surface area (Å²) in [5.41, 5.74) is 0.278. The number of likely N-dealkylation sites (tertiary alicyclic amines) is 1. The van der Waals surface area contributed by atoms with Crippen molar-refractivity contribution in [1.29, 1.82) is 0 Å². The summed E-state index contributed by atoms with van der Waals surface area (Å²) in [7, 11) is 0. The number of nitrogens with zero attached hydrogens (tertiary/aromatic N) is 2. The Bertz CT molecular complexity index is 448. The molecule has 1 N–H and O–H groups in total. The highest BCUT2D eigenvalue weighted by Gasteiger charge is 2.32. The summed E-state index contributed by atoms with van der Waals surface area (Å²) in [6.07, 6.45) is 6.54. The predicted molar refractivity (Wildman–Crippen MR) is 91.7 cm³/mol. The summed E-state index contributed by atoms with van der Waals surface area (Å²) in [6, 6.07) is 0.0420. The van der Waals surface area contributed by atoms with Gasteiger partial charge in [0.15, 0.2) is 0 Å². The van der Waals surface area contributed by atoms with Crippen LogP contribution >= 0.6 is 0 Å². The second-order valence-corrected chi connectivity index (χ2v) is 7.88. The van der Waals surface area contributed by atoms with Crippen molar-refractivity contribution >= 4 is 11.9 Å². The minimum absolute atomic E-state index is 0.0420. The molecule has 0 spiro atoms. The molecule has 1 saturated carbocycles. The first-order chi connectivity index (χ1) is 11.6. The number of nitrogens with one attached hydrogen (secondary N) is 1. The van der Waals surface area contributed by atoms with Gasteiger partial charge in [0.05, 0.1) is 13.2 Å². The summed E-state index contributed by atoms with van der Waals surface area (Å²) in [6.45, 7) is 7.12. The molecular formula is C18H31N3O3. The Hall–Kier alpha value is -1.30. The van der Waals surface area contributed by atoms with E-state index in [9.17, 15) is 9.59 Å². The number of urea groups is 1. The molecule has 1 aliphatic carbocycles. The van der Waals surface area contributed by atoms with Crippen LogP contribution in [0.25, 0.3) is 0 Å². The van der Waals surface area contributed by atoms with Crippen LogP contribution in [0.15, 0.2) is 0 Å². The molecule has 0 aromatic rings. The Kier molecular flexibility index (Phi) is 5.64. The highest BCUT2D eigenvalue weighted by Crippen LogP contribution is 2.36. The lowest BCUT2D eigenvalue weighted by molar-refractivity contribution is -0.141. The number of piperidine rings is 1. The van der Waals surface area contributed by atoms with E-state index in [0.29, 0.717) is 39.4 Å². The molecule has 136 valence electrons. The molecule has 24 heavy (non-hydrogen) atoms. The average Bonchev–Trinajstić information content (AvgIpc) is 3.07. The molecule has 0 unspecified atom stereocenters. The zero-order valence-electron chi connectivity index (χ0n) is 14.9. The lowest BCUT2D eigenvalue weighted by Crippen LogP contribution is -2.50. The molecule has 2 heterocycles. The second kappa shape index (κ2) is 7.72. The fourth-order valence-electron chi connectivity index (χ4n) is 4.18. The van der Waals surface area contributed by atoms with E-state index in [1.54, 1.807) is 0 Å². The quantitative estimate of drug-likeness (QED) is 0.855. The van der Waals surface area contributed by atoms with Crippen LogP contribution in [-0.2, 0) is 9.53 Å². The van der Waals surface area contributed by atoms with E-state index in [2.05, 4.69) is 12.2 Å². The molecule has 2 aliphatic heterocycles. The van der Waals surface area contributed by atoms with Crippen molar-refractivity contribution in [2.45, 2.75) is 45.4 Å². The Morgan fingerprint density at radius 3 is 2.29 bits per heavy atom. The van der Waals surface area contributed by atoms with E-state index >= 15 is 0 Å². The van der Waals surface area contributed by atoms with Gasteiger partial charge in [-0.3, -0.25) is 4.79 Å². The van der Waals surface area contributed by atoms with E-state index in [-0.39, 0.29) is 23.3 Å². The van der Waals surface area contributed by atoms with Crippen LogP contribution in [-0.4, -0.2) is 67.7 Å². The summed E-state index contributed by atoms with van der Waals surface area (Å²) in [5, 5.41) is 3.12. The zero-order chi connectivity index (χ0) is 17.0. The number of carbonyl (C=O) groups excluding carboxylic acids is 2. The Labute approximate surface area is 144 Å². The minimum Gasteiger partial charge on any atom is -0.378 e. The van der Waals surface area contributed by atoms with E-state index in [1.165, 1.54) is 25.7 Å². The van der Waals surface area contributed by atoms with Crippen LogP contribution in [0.4, 0.5) is 4.79 Å². The molecule has 0 bridgehead atoms. The third-order valence-corrected chi connectivity index (χ3v) is 5.93. The van der Waals surface area contributed by atoms with Gasteiger partial charge in [-0.25, -0.2) is 4.79 Å². The van der Waals surface area contributed by atoms with Crippen molar-refractivity contribution in [2.75, 3.05) is 45.9 Å². The number of hydrogen-bond donors (Lipinski definition) is 1. The van der Waals surface area contributed by atoms with Crippen molar-refractivity contribution in [3.8, 4) is 0 Å². The van der Waals surface area contributed by atoms with Crippen molar-refractivity contribution in [3.05, 3.63) is 0 Å². The van der Waals surface area contributed by atoms with E-state index in [0.717, 1.165) is 19.4 Å². The summed E-state index contributed by atoms with van der Waals surface area (Å²) in [4.78, 5) is 28.7. The third-order valence-electron chi connectivity index (χ3n) is 5.93. The molecule has 6 nitrogen and oxygen atoms in total. The van der Waals surface area contributed by atoms with Crippen LogP contribution in [0.2, 0.25) is 0 Å². The number of morpholine rings is 1. The van der Waals surface area contributed by atoms with Crippen LogP contribution < -0.4 is 5.32 Å². The molecule has 0 atom stereocenters. The molecule has 6 heteroatoms. The Morgan fingerprint density at radius 2 is 1.67 bits per heavy atom. The van der Waals surface area contributed by atoms with E-state index < -0.39 is 0 Å². The fourth-order valence-corrected chi connectivity index (χ4v) is 4.18. The maximum atomic E-state index is 12.5. The normalized spacial score (nSPS) is 24.9. The second-order valence-electron chi connectivity index (χ2n) is 7.88. The topological polar surface area (TPSA) is 61.9 Å². The van der Waals surface area contributed by atoms with E-state index in [1.807, 2.05) is 9.80 Å². The van der Waals surface area contributed by atoms with Gasteiger partial charge in [-0.2, -0.15) is 0 Å². The molecule has 0 radical (unpaired) electrons. The number of amides is 3. The first kappa shape index (κ1) is 17.5. The molecule has 3 amide bonds. The molecular weight excluding hydrogens is 306 g/mol. The van der Waals surface area contributed by atoms with Gasteiger partial charge in [-0.15, -0.1) is 0 Å². The Morgan fingerprint density at radius 1 is 1.04 bits per heavy atom. The molecule has 3 aliphatic rings. The zero-order valence-corrected chi connectivity index (χ0v) is 14.9. The standard InChI is InChI=1S/C18H31N3O3/c1-18(6-2-3-7-18)14-19-17(23)21-8-4-15(5-9-21)16(22)20-10-12-24-13-11-20/h15H,2-14H2,1H3,(H,19,23). The first-order valence-corrected chi connectivity index (χ1v) is 9.47. The minimum atomic E-state index is 0.0420. The third kappa shape index (κ3) is 4.21. The number of carbonyl (C=O) groups is 2. The van der Waals surface area contributed by atoms with Gasteiger partial charge in [-0.05, 0) is 31.1 Å². The number of rotatable bonds is 3. The molecule has 2 saturated heterocycles. The van der Waals surface area contributed by atoms with Gasteiger partial charge >= 0.3 is 6.03 Å². The maximum Gasteiger partial charge on any atom is 0.317 e. The number of hydrogen-bond acceptors (Lipinski definition) is 3. The first-order valence-electron chi connectivity index (χ1n) is 9.47. The van der Waals surface area contributed by atoms with Crippen LogP contribution in [0.5, 0.6) is 0 Å². The van der Waals surface area contributed by atoms with Gasteiger partial charge in [0.2, 0.25) is 5.91 Å². The Balaban J connectivity index is 1.41. The van der Waals surface area contributed by atoms with Crippen LogP contribution in [0.3, 0.4) is 0 Å². The van der Waals surface area contributed by atoms with Gasteiger partial charge in [-0.1, -0.05) is 19.8 Å². The predicted octanol–water partition coefficient (Wildman–Crippen LogP) is 1.85. The summed E-state index contributed by atoms with van der Waals surface area (Å²) in [5.74, 6) is 0.316. The lowest BCUT2D eigenvalue weighted by Gasteiger charge is -2.36. The highest BCUT2D eigenvalue weighted by molar-refractivity contribution is 5.80. The van der Waals surface area contributed by atoms with Crippen molar-refractivity contribution in [1.82, 2.24) is 15.1 Å². The van der Waals surface area contributed by atoms with Crippen molar-refractivity contribution < 1.29 is 14.3 Å². The molecule has 3 fully saturated rings. The summed E-state index contributed by atoms with van der Waals surface area (Å²) < 4.78 is 5.31. The van der Waals surface area contributed by atoms with Crippen LogP contribution in [0, 0.1) is 11.3 Å². The summed E-state index contributed by atoms with van der Waals surface area (Å²) >= 11 is 0. The van der Waals surface area contributed by atoms with Gasteiger partial charge in [0.1, 0.15) is 0 Å². The van der Waals surface area contributed by atoms with Gasteiger partial charge < -0.3 is 19.9 Å². The van der Waals surface area contributed by atoms with Gasteiger partial charge in [0.25, 0.3) is 0 Å². The van der Waals surface area contributed by atoms with E-state index in [4.69, 9.17) is 4.74 Å². The SMILES string of the molecule is CC1(CNC(=O)N2CCC(C(=O)N3CCOCC3)CC2)CCCC1. The monoisotopic (exact) mass is 337 g/mol. The largest absolute Gasteiger partial charge is 0.378 e. The highest BCUT2D eigenvalue weighted by atomic mass is 16.5.